The summed E-state index contributed by atoms with van der Waals surface area (Å²) in [6.07, 6.45) is 1.36. The van der Waals surface area contributed by atoms with E-state index in [1.807, 2.05) is 6.92 Å². The second kappa shape index (κ2) is 9.02. The fourth-order valence-corrected chi connectivity index (χ4v) is 3.74. The van der Waals surface area contributed by atoms with Gasteiger partial charge >= 0.3 is 0 Å². The topological polar surface area (TPSA) is 83.8 Å². The van der Waals surface area contributed by atoms with E-state index >= 15 is 0 Å². The minimum absolute atomic E-state index is 0.0195. The lowest BCUT2D eigenvalue weighted by molar-refractivity contribution is -0.384. The van der Waals surface area contributed by atoms with Crippen molar-refractivity contribution in [2.75, 3.05) is 20.1 Å². The summed E-state index contributed by atoms with van der Waals surface area (Å²) in [5.74, 6) is -1.09. The van der Waals surface area contributed by atoms with Gasteiger partial charge in [0.1, 0.15) is 5.82 Å². The Kier molecular flexibility index (Phi) is 6.44. The van der Waals surface area contributed by atoms with E-state index in [1.165, 1.54) is 36.4 Å². The summed E-state index contributed by atoms with van der Waals surface area (Å²) in [6.45, 7) is 2.66. The van der Waals surface area contributed by atoms with Crippen LogP contribution in [0.5, 0.6) is 0 Å². The van der Waals surface area contributed by atoms with Crippen molar-refractivity contribution in [2.24, 2.45) is 5.92 Å². The number of nitro benzene ring substituents is 1. The highest BCUT2D eigenvalue weighted by molar-refractivity contribution is 5.94. The van der Waals surface area contributed by atoms with E-state index < -0.39 is 10.7 Å². The quantitative estimate of drug-likeness (QED) is 0.551. The highest BCUT2D eigenvalue weighted by atomic mass is 19.1. The molecule has 8 heteroatoms. The first-order valence-electron chi connectivity index (χ1n) is 9.83. The van der Waals surface area contributed by atoms with Gasteiger partial charge in [-0.25, -0.2) is 4.39 Å². The maximum absolute atomic E-state index is 13.1. The molecule has 1 aliphatic rings. The summed E-state index contributed by atoms with van der Waals surface area (Å²) in [7, 11) is 1.67. The molecule has 158 valence electrons. The van der Waals surface area contributed by atoms with Gasteiger partial charge in [-0.1, -0.05) is 12.1 Å². The van der Waals surface area contributed by atoms with Crippen LogP contribution in [-0.2, 0) is 4.79 Å². The van der Waals surface area contributed by atoms with Crippen LogP contribution in [0.1, 0.15) is 41.7 Å². The van der Waals surface area contributed by atoms with Crippen molar-refractivity contribution in [1.29, 1.82) is 0 Å². The number of hydrogen-bond acceptors (Lipinski definition) is 4. The third kappa shape index (κ3) is 4.64. The van der Waals surface area contributed by atoms with Crippen LogP contribution in [0.2, 0.25) is 0 Å². The Balaban J connectivity index is 1.69. The molecule has 30 heavy (non-hydrogen) atoms. The summed E-state index contributed by atoms with van der Waals surface area (Å²) in [6, 6.07) is 11.3. The first-order valence-corrected chi connectivity index (χ1v) is 9.83. The molecule has 1 heterocycles. The molecule has 2 atom stereocenters. The number of benzene rings is 2. The number of rotatable bonds is 5. The number of nitrogens with zero attached hydrogens (tertiary/aromatic N) is 3. The van der Waals surface area contributed by atoms with Crippen LogP contribution in [0.15, 0.2) is 48.5 Å². The lowest BCUT2D eigenvalue weighted by Crippen LogP contribution is -2.46. The van der Waals surface area contributed by atoms with E-state index in [1.54, 1.807) is 29.0 Å². The molecule has 0 saturated carbocycles. The number of nitro groups is 1. The molecule has 2 unspecified atom stereocenters. The Morgan fingerprint density at radius 1 is 1.23 bits per heavy atom. The minimum Gasteiger partial charge on any atom is -0.339 e. The van der Waals surface area contributed by atoms with Crippen molar-refractivity contribution < 1.29 is 18.9 Å². The Bertz CT molecular complexity index is 948. The molecular weight excluding hydrogens is 389 g/mol. The number of carbonyl (C=O) groups excluding carboxylic acids is 2. The summed E-state index contributed by atoms with van der Waals surface area (Å²) in [5.41, 5.74) is 1.05. The van der Waals surface area contributed by atoms with Gasteiger partial charge in [0.05, 0.1) is 16.9 Å². The molecule has 0 bridgehead atoms. The van der Waals surface area contributed by atoms with Crippen molar-refractivity contribution in [1.82, 2.24) is 9.80 Å². The number of hydrogen-bond donors (Lipinski definition) is 0. The van der Waals surface area contributed by atoms with Crippen molar-refractivity contribution in [3.8, 4) is 0 Å². The molecule has 0 aliphatic carbocycles. The first kappa shape index (κ1) is 21.4. The third-order valence-electron chi connectivity index (χ3n) is 5.64. The summed E-state index contributed by atoms with van der Waals surface area (Å²) < 4.78 is 13.1. The van der Waals surface area contributed by atoms with Crippen LogP contribution in [0.4, 0.5) is 10.1 Å². The zero-order valence-electron chi connectivity index (χ0n) is 17.0. The number of carbonyl (C=O) groups is 2. The smallest absolute Gasteiger partial charge is 0.269 e. The monoisotopic (exact) mass is 413 g/mol. The molecule has 0 N–H and O–H groups in total. The zero-order chi connectivity index (χ0) is 21.8. The summed E-state index contributed by atoms with van der Waals surface area (Å²) >= 11 is 0. The molecule has 2 aromatic rings. The molecule has 1 aliphatic heterocycles. The molecule has 1 saturated heterocycles. The number of non-ortho nitro benzene ring substituents is 1. The zero-order valence-corrected chi connectivity index (χ0v) is 17.0. The second-order valence-electron chi connectivity index (χ2n) is 7.57. The Morgan fingerprint density at radius 2 is 1.93 bits per heavy atom. The van der Waals surface area contributed by atoms with Crippen molar-refractivity contribution >= 4 is 17.5 Å². The number of piperidine rings is 1. The van der Waals surface area contributed by atoms with Gasteiger partial charge in [0, 0.05) is 37.8 Å². The first-order chi connectivity index (χ1) is 14.3. The largest absolute Gasteiger partial charge is 0.339 e. The van der Waals surface area contributed by atoms with Gasteiger partial charge in [-0.2, -0.15) is 0 Å². The molecule has 1 fully saturated rings. The van der Waals surface area contributed by atoms with Crippen LogP contribution < -0.4 is 0 Å². The molecule has 0 aromatic heterocycles. The van der Waals surface area contributed by atoms with Gasteiger partial charge in [-0.05, 0) is 49.6 Å². The van der Waals surface area contributed by atoms with E-state index in [-0.39, 0.29) is 29.5 Å². The highest BCUT2D eigenvalue weighted by Crippen LogP contribution is 2.27. The predicted octanol–water partition coefficient (Wildman–Crippen LogP) is 3.81. The molecule has 7 nitrogen and oxygen atoms in total. The van der Waals surface area contributed by atoms with Crippen LogP contribution in [0, 0.1) is 21.8 Å². The van der Waals surface area contributed by atoms with E-state index in [2.05, 4.69) is 0 Å². The number of halogens is 1. The Labute approximate surface area is 174 Å². The molecule has 0 spiro atoms. The molecule has 3 rings (SSSR count). The fourth-order valence-electron chi connectivity index (χ4n) is 3.74. The van der Waals surface area contributed by atoms with Crippen LogP contribution in [0.25, 0.3) is 0 Å². The average molecular weight is 413 g/mol. The standard InChI is InChI=1S/C22H24FN3O4/c1-15(17-5-3-7-20(13-17)26(29)30)24(2)21(27)18-6-4-12-25(14-18)22(28)16-8-10-19(23)11-9-16/h3,5,7-11,13,15,18H,4,6,12,14H2,1-2H3. The fraction of sp³-hybridized carbons (Fsp3) is 0.364. The maximum Gasteiger partial charge on any atom is 0.269 e. The van der Waals surface area contributed by atoms with Gasteiger partial charge in [0.15, 0.2) is 0 Å². The average Bonchev–Trinajstić information content (AvgIpc) is 2.77. The Morgan fingerprint density at radius 3 is 2.60 bits per heavy atom. The van der Waals surface area contributed by atoms with Gasteiger partial charge in [-0.15, -0.1) is 0 Å². The summed E-state index contributed by atoms with van der Waals surface area (Å²) in [4.78, 5) is 39.6. The predicted molar refractivity (Wildman–Crippen MR) is 109 cm³/mol. The molecular formula is C22H24FN3O4. The van der Waals surface area contributed by atoms with Gasteiger partial charge in [0.25, 0.3) is 11.6 Å². The van der Waals surface area contributed by atoms with Crippen LogP contribution in [0.3, 0.4) is 0 Å². The molecule has 2 aromatic carbocycles. The third-order valence-corrected chi connectivity index (χ3v) is 5.64. The number of amides is 2. The van der Waals surface area contributed by atoms with Crippen LogP contribution >= 0.6 is 0 Å². The van der Waals surface area contributed by atoms with E-state index in [0.29, 0.717) is 37.1 Å². The minimum atomic E-state index is -0.460. The Hall–Kier alpha value is -3.29. The van der Waals surface area contributed by atoms with Gasteiger partial charge < -0.3 is 9.80 Å². The van der Waals surface area contributed by atoms with Crippen molar-refractivity contribution in [3.05, 3.63) is 75.6 Å². The van der Waals surface area contributed by atoms with E-state index in [9.17, 15) is 24.1 Å². The SMILES string of the molecule is CC(c1cccc([N+](=O)[O-])c1)N(C)C(=O)C1CCCN(C(=O)c2ccc(F)cc2)C1. The summed E-state index contributed by atoms with van der Waals surface area (Å²) in [5, 5.41) is 11.0. The number of likely N-dealkylation sites (tertiary alicyclic amines) is 1. The maximum atomic E-state index is 13.1. The van der Waals surface area contributed by atoms with Crippen molar-refractivity contribution in [2.45, 2.75) is 25.8 Å². The molecule has 0 radical (unpaired) electrons. The lowest BCUT2D eigenvalue weighted by Gasteiger charge is -2.35. The van der Waals surface area contributed by atoms with E-state index in [4.69, 9.17) is 0 Å². The van der Waals surface area contributed by atoms with Crippen LogP contribution in [-0.4, -0.2) is 46.7 Å². The van der Waals surface area contributed by atoms with Gasteiger partial charge in [0.2, 0.25) is 5.91 Å². The van der Waals surface area contributed by atoms with E-state index in [0.717, 1.165) is 0 Å². The van der Waals surface area contributed by atoms with Crippen molar-refractivity contribution in [3.63, 3.8) is 0 Å². The normalized spacial score (nSPS) is 17.3. The van der Waals surface area contributed by atoms with Gasteiger partial charge in [-0.3, -0.25) is 19.7 Å². The lowest BCUT2D eigenvalue weighted by atomic mass is 9.94. The molecule has 2 amide bonds. The second-order valence-corrected chi connectivity index (χ2v) is 7.57. The highest BCUT2D eigenvalue weighted by Gasteiger charge is 2.32.